The zero-order valence-corrected chi connectivity index (χ0v) is 17.6. The van der Waals surface area contributed by atoms with Gasteiger partial charge < -0.3 is 15.4 Å². The Balaban J connectivity index is 1.56. The van der Waals surface area contributed by atoms with Crippen molar-refractivity contribution in [1.29, 1.82) is 5.26 Å². The van der Waals surface area contributed by atoms with Crippen LogP contribution in [0.5, 0.6) is 5.75 Å². The van der Waals surface area contributed by atoms with Gasteiger partial charge in [-0.05, 0) is 49.9 Å². The number of urea groups is 1. The third-order valence-corrected chi connectivity index (χ3v) is 6.58. The Hall–Kier alpha value is -3.04. The highest BCUT2D eigenvalue weighted by molar-refractivity contribution is 5.97. The first-order valence-electron chi connectivity index (χ1n) is 10.5. The summed E-state index contributed by atoms with van der Waals surface area (Å²) in [5.74, 6) is 0.545. The molecule has 0 unspecified atom stereocenters. The molecule has 1 spiro atoms. The highest BCUT2D eigenvalue weighted by Crippen LogP contribution is 2.44. The van der Waals surface area contributed by atoms with Gasteiger partial charge in [0, 0.05) is 11.6 Å². The number of anilines is 1. The molecule has 2 N–H and O–H groups in total. The average molecular weight is 405 g/mol. The van der Waals surface area contributed by atoms with E-state index in [0.717, 1.165) is 32.2 Å². The van der Waals surface area contributed by atoms with Crippen LogP contribution in [0.4, 0.5) is 10.5 Å². The van der Waals surface area contributed by atoms with Crippen molar-refractivity contribution >= 4 is 11.7 Å². The van der Waals surface area contributed by atoms with E-state index < -0.39 is 0 Å². The van der Waals surface area contributed by atoms with Gasteiger partial charge in [0.1, 0.15) is 5.75 Å². The Morgan fingerprint density at radius 2 is 1.90 bits per heavy atom. The number of nitrogens with zero attached hydrogens (tertiary/aromatic N) is 2. The molecule has 1 heterocycles. The standard InChI is InChI=1S/C24H28N4O2/c1-3-26-24(19-7-5-4-6-8-19)13-11-23(12-14-24)17-28(22(29)27-23)20-10-9-18(16-25)15-21(20)30-2/h4-10,15,26H,3,11-14,17H2,1-2H3,(H,27,29)/t23-,24+. The summed E-state index contributed by atoms with van der Waals surface area (Å²) in [6.07, 6.45) is 3.72. The number of carbonyl (C=O) groups excluding carboxylic acids is 1. The first-order valence-corrected chi connectivity index (χ1v) is 10.5. The summed E-state index contributed by atoms with van der Waals surface area (Å²) in [5.41, 5.74) is 2.24. The van der Waals surface area contributed by atoms with E-state index in [-0.39, 0.29) is 17.1 Å². The molecule has 2 amide bonds. The number of nitrogens with one attached hydrogen (secondary N) is 2. The SMILES string of the molecule is CCN[C@]1(c2ccccc2)CC[C@]2(CC1)CN(c1ccc(C#N)cc1OC)C(=O)N2. The van der Waals surface area contributed by atoms with Crippen molar-refractivity contribution in [3.05, 3.63) is 59.7 Å². The quantitative estimate of drug-likeness (QED) is 0.792. The van der Waals surface area contributed by atoms with Crippen LogP contribution in [0.3, 0.4) is 0 Å². The fraction of sp³-hybridized carbons (Fsp3) is 0.417. The second-order valence-electron chi connectivity index (χ2n) is 8.27. The number of methoxy groups -OCH3 is 1. The van der Waals surface area contributed by atoms with Crippen molar-refractivity contribution in [1.82, 2.24) is 10.6 Å². The molecule has 4 rings (SSSR count). The van der Waals surface area contributed by atoms with Crippen LogP contribution in [-0.2, 0) is 5.54 Å². The Kier molecular flexibility index (Phi) is 5.40. The van der Waals surface area contributed by atoms with Gasteiger partial charge in [0.2, 0.25) is 0 Å². The summed E-state index contributed by atoms with van der Waals surface area (Å²) in [6.45, 7) is 3.65. The fourth-order valence-corrected chi connectivity index (χ4v) is 4.97. The van der Waals surface area contributed by atoms with Crippen molar-refractivity contribution in [3.63, 3.8) is 0 Å². The lowest BCUT2D eigenvalue weighted by atomic mass is 9.69. The first kappa shape index (κ1) is 20.2. The van der Waals surface area contributed by atoms with Crippen LogP contribution in [-0.4, -0.2) is 31.8 Å². The molecule has 2 aromatic rings. The molecule has 0 atom stereocenters. The second kappa shape index (κ2) is 8.00. The fourth-order valence-electron chi connectivity index (χ4n) is 4.97. The number of ether oxygens (including phenoxy) is 1. The number of rotatable bonds is 5. The van der Waals surface area contributed by atoms with Gasteiger partial charge in [-0.2, -0.15) is 5.26 Å². The lowest BCUT2D eigenvalue weighted by Gasteiger charge is -2.45. The Bertz CT molecular complexity index is 959. The minimum absolute atomic E-state index is 0.0501. The van der Waals surface area contributed by atoms with Crippen molar-refractivity contribution < 1.29 is 9.53 Å². The second-order valence-corrected chi connectivity index (χ2v) is 8.27. The Morgan fingerprint density at radius 3 is 2.53 bits per heavy atom. The molecule has 1 aliphatic heterocycles. The Labute approximate surface area is 177 Å². The maximum Gasteiger partial charge on any atom is 0.322 e. The molecular weight excluding hydrogens is 376 g/mol. The number of nitriles is 1. The Morgan fingerprint density at radius 1 is 1.17 bits per heavy atom. The molecule has 6 heteroatoms. The van der Waals surface area contributed by atoms with E-state index in [4.69, 9.17) is 10.00 Å². The van der Waals surface area contributed by atoms with Gasteiger partial charge in [0.25, 0.3) is 0 Å². The van der Waals surface area contributed by atoms with Gasteiger partial charge in [0.05, 0.1) is 36.5 Å². The summed E-state index contributed by atoms with van der Waals surface area (Å²) in [6, 6.07) is 17.8. The predicted molar refractivity (Wildman–Crippen MR) is 117 cm³/mol. The van der Waals surface area contributed by atoms with Gasteiger partial charge in [-0.25, -0.2) is 4.79 Å². The third-order valence-electron chi connectivity index (χ3n) is 6.58. The smallest absolute Gasteiger partial charge is 0.322 e. The van der Waals surface area contributed by atoms with Crippen LogP contribution in [0.15, 0.2) is 48.5 Å². The van der Waals surface area contributed by atoms with Gasteiger partial charge >= 0.3 is 6.03 Å². The summed E-state index contributed by atoms with van der Waals surface area (Å²) in [4.78, 5) is 14.7. The topological polar surface area (TPSA) is 77.4 Å². The lowest BCUT2D eigenvalue weighted by molar-refractivity contribution is 0.161. The number of amides is 2. The van der Waals surface area contributed by atoms with Crippen LogP contribution < -0.4 is 20.3 Å². The molecule has 0 radical (unpaired) electrons. The minimum atomic E-state index is -0.246. The maximum absolute atomic E-state index is 12.9. The lowest BCUT2D eigenvalue weighted by Crippen LogP contribution is -2.54. The molecule has 30 heavy (non-hydrogen) atoms. The van der Waals surface area contributed by atoms with E-state index in [1.165, 1.54) is 5.56 Å². The van der Waals surface area contributed by atoms with Gasteiger partial charge in [-0.1, -0.05) is 37.3 Å². The van der Waals surface area contributed by atoms with Crippen LogP contribution in [0.2, 0.25) is 0 Å². The van der Waals surface area contributed by atoms with Gasteiger partial charge in [-0.15, -0.1) is 0 Å². The number of carbonyl (C=O) groups is 1. The largest absolute Gasteiger partial charge is 0.495 e. The third kappa shape index (κ3) is 3.50. The van der Waals surface area contributed by atoms with Crippen molar-refractivity contribution in [2.24, 2.45) is 0 Å². The molecule has 1 aliphatic carbocycles. The van der Waals surface area contributed by atoms with E-state index >= 15 is 0 Å². The average Bonchev–Trinajstić information content (AvgIpc) is 3.11. The molecule has 0 bridgehead atoms. The van der Waals surface area contributed by atoms with E-state index in [0.29, 0.717) is 23.5 Å². The van der Waals surface area contributed by atoms with Crippen LogP contribution >= 0.6 is 0 Å². The molecule has 2 aliphatic rings. The summed E-state index contributed by atoms with van der Waals surface area (Å²) < 4.78 is 5.46. The highest BCUT2D eigenvalue weighted by Gasteiger charge is 2.49. The van der Waals surface area contributed by atoms with Crippen LogP contribution in [0.25, 0.3) is 0 Å². The molecule has 2 aromatic carbocycles. The van der Waals surface area contributed by atoms with Crippen LogP contribution in [0.1, 0.15) is 43.7 Å². The van der Waals surface area contributed by atoms with Gasteiger partial charge in [-0.3, -0.25) is 4.90 Å². The predicted octanol–water partition coefficient (Wildman–Crippen LogP) is 3.91. The number of benzene rings is 2. The normalized spacial score (nSPS) is 25.8. The zero-order valence-electron chi connectivity index (χ0n) is 17.6. The summed E-state index contributed by atoms with van der Waals surface area (Å²) in [5, 5.41) is 16.1. The summed E-state index contributed by atoms with van der Waals surface area (Å²) >= 11 is 0. The van der Waals surface area contributed by atoms with E-state index in [9.17, 15) is 4.79 Å². The monoisotopic (exact) mass is 404 g/mol. The molecule has 156 valence electrons. The summed E-state index contributed by atoms with van der Waals surface area (Å²) in [7, 11) is 1.56. The molecular formula is C24H28N4O2. The van der Waals surface area contributed by atoms with Gasteiger partial charge in [0.15, 0.2) is 0 Å². The molecule has 1 saturated heterocycles. The van der Waals surface area contributed by atoms with Crippen LogP contribution in [0, 0.1) is 11.3 Å². The van der Waals surface area contributed by atoms with Crippen molar-refractivity contribution in [2.45, 2.75) is 43.7 Å². The molecule has 2 fully saturated rings. The van der Waals surface area contributed by atoms with E-state index in [1.807, 2.05) is 6.07 Å². The first-order chi connectivity index (χ1) is 14.5. The molecule has 1 saturated carbocycles. The molecule has 0 aromatic heterocycles. The van der Waals surface area contributed by atoms with Crippen molar-refractivity contribution in [3.8, 4) is 11.8 Å². The molecule has 6 nitrogen and oxygen atoms in total. The van der Waals surface area contributed by atoms with E-state index in [1.54, 1.807) is 30.2 Å². The number of hydrogen-bond acceptors (Lipinski definition) is 4. The van der Waals surface area contributed by atoms with Crippen molar-refractivity contribution in [2.75, 3.05) is 25.1 Å². The minimum Gasteiger partial charge on any atom is -0.495 e. The van der Waals surface area contributed by atoms with E-state index in [2.05, 4.69) is 47.9 Å². The zero-order chi connectivity index (χ0) is 21.2. The maximum atomic E-state index is 12.9. The highest BCUT2D eigenvalue weighted by atomic mass is 16.5. The number of hydrogen-bond donors (Lipinski definition) is 2.